The van der Waals surface area contributed by atoms with Gasteiger partial charge in [-0.3, -0.25) is 13.6 Å². The van der Waals surface area contributed by atoms with Crippen LogP contribution in [-0.4, -0.2) is 32.4 Å². The monoisotopic (exact) mass is 427 g/mol. The predicted molar refractivity (Wildman–Crippen MR) is 100 cm³/mol. The van der Waals surface area contributed by atoms with Crippen molar-refractivity contribution in [1.82, 2.24) is 0 Å². The molecule has 26 heavy (non-hydrogen) atoms. The van der Waals surface area contributed by atoms with E-state index in [1.165, 1.54) is 4.67 Å². The summed E-state index contributed by atoms with van der Waals surface area (Å²) in [5, 5.41) is 0.389. The molecule has 0 spiro atoms. The summed E-state index contributed by atoms with van der Waals surface area (Å²) in [6.07, 6.45) is 0. The Morgan fingerprint density at radius 2 is 1.54 bits per heavy atom. The fourth-order valence-electron chi connectivity index (χ4n) is 2.52. The van der Waals surface area contributed by atoms with Crippen LogP contribution < -0.4 is 9.41 Å². The van der Waals surface area contributed by atoms with E-state index in [9.17, 15) is 9.13 Å². The molecular weight excluding hydrogens is 404 g/mol. The first kappa shape index (κ1) is 21.7. The predicted octanol–water partition coefficient (Wildman–Crippen LogP) is 5.27. The zero-order valence-corrected chi connectivity index (χ0v) is 17.8. The van der Waals surface area contributed by atoms with Crippen LogP contribution in [0.5, 0.6) is 5.75 Å². The molecule has 148 valence electrons. The van der Waals surface area contributed by atoms with E-state index >= 15 is 0 Å². The van der Waals surface area contributed by atoms with Crippen molar-refractivity contribution in [2.45, 2.75) is 33.7 Å². The Bertz CT molecular complexity index is 697. The molecule has 1 heterocycles. The molecule has 11 heteroatoms. The molecule has 1 aromatic rings. The molecule has 0 aromatic heterocycles. The third-order valence-electron chi connectivity index (χ3n) is 3.35. The Hall–Kier alpha value is -0.590. The van der Waals surface area contributed by atoms with Crippen LogP contribution in [0.3, 0.4) is 0 Å². The van der Waals surface area contributed by atoms with Gasteiger partial charge in [-0.2, -0.15) is 0 Å². The first-order valence-electron chi connectivity index (χ1n) is 8.39. The van der Waals surface area contributed by atoms with Crippen molar-refractivity contribution in [3.8, 4) is 5.75 Å². The van der Waals surface area contributed by atoms with Gasteiger partial charge in [-0.15, -0.1) is 0 Å². The second-order valence-electron chi connectivity index (χ2n) is 5.08. The zero-order valence-electron chi connectivity index (χ0n) is 15.2. The number of hydrogen-bond donors (Lipinski definition) is 0. The lowest BCUT2D eigenvalue weighted by Crippen LogP contribution is -2.35. The number of ether oxygens (including phenoxy) is 1. The molecule has 0 fully saturated rings. The highest BCUT2D eigenvalue weighted by molar-refractivity contribution is 7.60. The summed E-state index contributed by atoms with van der Waals surface area (Å²) in [7, 11) is -7.74. The normalized spacial score (nSPS) is 17.3. The van der Waals surface area contributed by atoms with Crippen molar-refractivity contribution >= 4 is 32.6 Å². The maximum absolute atomic E-state index is 13.5. The van der Waals surface area contributed by atoms with Crippen LogP contribution in [0.25, 0.3) is 0 Å². The molecule has 0 bridgehead atoms. The topological polar surface area (TPSA) is 83.5 Å². The number of rotatable bonds is 10. The van der Waals surface area contributed by atoms with Gasteiger partial charge >= 0.3 is 15.3 Å². The number of hydrogen-bond acceptors (Lipinski definition) is 7. The van der Waals surface area contributed by atoms with Crippen molar-refractivity contribution < 1.29 is 32.0 Å². The van der Waals surface area contributed by atoms with Crippen LogP contribution >= 0.6 is 26.9 Å². The molecule has 1 aliphatic rings. The Morgan fingerprint density at radius 3 is 2.04 bits per heavy atom. The van der Waals surface area contributed by atoms with Crippen molar-refractivity contribution in [3.63, 3.8) is 0 Å². The fraction of sp³-hybridized carbons (Fsp3) is 0.600. The maximum Gasteiger partial charge on any atom is 0.438 e. The molecule has 0 N–H and O–H groups in total. The maximum atomic E-state index is 13.5. The molecule has 0 radical (unpaired) electrons. The van der Waals surface area contributed by atoms with Gasteiger partial charge in [0.15, 0.2) is 0 Å². The highest BCUT2D eigenvalue weighted by atomic mass is 35.5. The lowest BCUT2D eigenvalue weighted by atomic mass is 10.3. The summed E-state index contributed by atoms with van der Waals surface area (Å²) in [6.45, 7) is 7.20. The number of nitrogens with zero attached hydrogens (tertiary/aromatic N) is 1. The van der Waals surface area contributed by atoms with Gasteiger partial charge < -0.3 is 13.8 Å². The van der Waals surface area contributed by atoms with E-state index in [2.05, 4.69) is 0 Å². The van der Waals surface area contributed by atoms with Gasteiger partial charge in [-0.1, -0.05) is 11.6 Å². The molecule has 0 saturated heterocycles. The van der Waals surface area contributed by atoms with E-state index in [4.69, 9.17) is 34.4 Å². The number of benzene rings is 1. The summed E-state index contributed by atoms with van der Waals surface area (Å²) in [4.78, 5) is 0. The Balaban J connectivity index is 2.60. The van der Waals surface area contributed by atoms with E-state index in [0.29, 0.717) is 16.5 Å². The Morgan fingerprint density at radius 1 is 1.00 bits per heavy atom. The van der Waals surface area contributed by atoms with Gasteiger partial charge in [0.2, 0.25) is 0 Å². The van der Waals surface area contributed by atoms with E-state index in [1.54, 1.807) is 45.9 Å². The van der Waals surface area contributed by atoms with E-state index in [-0.39, 0.29) is 26.4 Å². The lowest BCUT2D eigenvalue weighted by molar-refractivity contribution is 0.163. The van der Waals surface area contributed by atoms with Gasteiger partial charge in [-0.05, 0) is 45.9 Å². The van der Waals surface area contributed by atoms with Crippen LogP contribution in [0.2, 0.25) is 5.02 Å². The highest BCUT2D eigenvalue weighted by Crippen LogP contribution is 2.68. The zero-order chi connectivity index (χ0) is 19.4. The van der Waals surface area contributed by atoms with Crippen LogP contribution in [0.1, 0.15) is 27.7 Å². The Kier molecular flexibility index (Phi) is 7.57. The Labute approximate surface area is 158 Å². The van der Waals surface area contributed by atoms with Gasteiger partial charge in [0, 0.05) is 5.02 Å². The van der Waals surface area contributed by atoms with Crippen molar-refractivity contribution in [2.75, 3.05) is 31.1 Å². The first-order chi connectivity index (χ1) is 12.3. The van der Waals surface area contributed by atoms with Crippen LogP contribution in [-0.2, 0) is 27.2 Å². The smallest absolute Gasteiger partial charge is 0.438 e. The minimum atomic E-state index is -3.90. The average molecular weight is 428 g/mol. The van der Waals surface area contributed by atoms with Gasteiger partial charge in [-0.25, -0.2) is 9.24 Å². The summed E-state index contributed by atoms with van der Waals surface area (Å²) < 4.78 is 55.5. The number of fused-ring (bicyclic) bond motifs is 1. The van der Waals surface area contributed by atoms with Crippen molar-refractivity contribution in [1.29, 1.82) is 0 Å². The second kappa shape index (κ2) is 9.07. The molecule has 0 saturated carbocycles. The summed E-state index contributed by atoms with van der Waals surface area (Å²) in [6, 6.07) is 4.75. The van der Waals surface area contributed by atoms with E-state index in [1.807, 2.05) is 0 Å². The van der Waals surface area contributed by atoms with Crippen molar-refractivity contribution in [2.24, 2.45) is 0 Å². The summed E-state index contributed by atoms with van der Waals surface area (Å²) in [5.74, 6) is -0.988. The third kappa shape index (κ3) is 4.28. The molecule has 0 aliphatic carbocycles. The first-order valence-corrected chi connectivity index (χ1v) is 11.9. The average Bonchev–Trinajstić information content (AvgIpc) is 2.95. The van der Waals surface area contributed by atoms with Gasteiger partial charge in [0.1, 0.15) is 5.75 Å². The van der Waals surface area contributed by atoms with Gasteiger partial charge in [0.25, 0.3) is 5.97 Å². The molecule has 1 unspecified atom stereocenters. The second-order valence-corrected chi connectivity index (χ2v) is 9.44. The molecule has 1 atom stereocenters. The third-order valence-corrected chi connectivity index (χ3v) is 8.00. The SMILES string of the molecule is CCOP(=O)(OCC)C1Oc2ccc(Cl)cc2N1P(=O)(OCC)OCC. The minimum Gasteiger partial charge on any atom is -0.455 e. The molecule has 0 amide bonds. The van der Waals surface area contributed by atoms with Crippen LogP contribution in [0, 0.1) is 0 Å². The quantitative estimate of drug-likeness (QED) is 0.467. The van der Waals surface area contributed by atoms with Gasteiger partial charge in [0.05, 0.1) is 32.1 Å². The molecule has 2 rings (SSSR count). The number of halogens is 1. The largest absolute Gasteiger partial charge is 0.455 e. The van der Waals surface area contributed by atoms with Crippen LogP contribution in [0.15, 0.2) is 18.2 Å². The molecule has 8 nitrogen and oxygen atoms in total. The van der Waals surface area contributed by atoms with Crippen LogP contribution in [0.4, 0.5) is 5.69 Å². The van der Waals surface area contributed by atoms with Crippen molar-refractivity contribution in [3.05, 3.63) is 23.2 Å². The minimum absolute atomic E-state index is 0.115. The summed E-state index contributed by atoms with van der Waals surface area (Å²) >= 11 is 6.09. The highest BCUT2D eigenvalue weighted by Gasteiger charge is 2.55. The lowest BCUT2D eigenvalue weighted by Gasteiger charge is -2.33. The molecule has 1 aromatic carbocycles. The van der Waals surface area contributed by atoms with E-state index < -0.39 is 21.3 Å². The molecule has 1 aliphatic heterocycles. The molecular formula is C15H24ClNO7P2. The number of anilines is 1. The fourth-order valence-corrected chi connectivity index (χ4v) is 6.81. The standard InChI is InChI=1S/C15H24ClNO7P2/c1-5-20-25(18,21-6-2)15-17(26(19,22-7-3)23-8-4)13-11-12(16)9-10-14(13)24-15/h9-11,15H,5-8H2,1-4H3. The summed E-state index contributed by atoms with van der Waals surface area (Å²) in [5.41, 5.74) is 0.340. The van der Waals surface area contributed by atoms with E-state index in [0.717, 1.165) is 0 Å².